The van der Waals surface area contributed by atoms with Crippen molar-refractivity contribution in [2.75, 3.05) is 4.90 Å². The fourth-order valence-corrected chi connectivity index (χ4v) is 15.4. The first-order valence-corrected chi connectivity index (χ1v) is 26.4. The van der Waals surface area contributed by atoms with Crippen LogP contribution in [0.5, 0.6) is 0 Å². The Bertz CT molecular complexity index is 3790. The Kier molecular flexibility index (Phi) is 9.15. The molecule has 2 aliphatic heterocycles. The van der Waals surface area contributed by atoms with Crippen LogP contribution in [-0.4, -0.2) is 0 Å². The summed E-state index contributed by atoms with van der Waals surface area (Å²) in [7, 11) is 0. The molecule has 2 heterocycles. The Morgan fingerprint density at radius 2 is 0.859 bits per heavy atom. The quantitative estimate of drug-likeness (QED) is 0.169. The van der Waals surface area contributed by atoms with Crippen molar-refractivity contribution in [2.24, 2.45) is 0 Å². The maximum Gasteiger partial charge on any atom is 0.0736 e. The van der Waals surface area contributed by atoms with Crippen molar-refractivity contribution >= 4 is 46.2 Å². The molecule has 10 aromatic carbocycles. The Morgan fingerprint density at radius 3 is 1.45 bits per heavy atom. The van der Waals surface area contributed by atoms with Crippen LogP contribution in [0.1, 0.15) is 68.0 Å². The van der Waals surface area contributed by atoms with Crippen molar-refractivity contribution in [3.05, 3.63) is 310 Å². The van der Waals surface area contributed by atoms with E-state index in [4.69, 9.17) is 0 Å². The van der Waals surface area contributed by atoms with Crippen LogP contribution < -0.4 is 4.90 Å². The average molecular weight is 940 g/mol. The molecule has 15 rings (SSSR count). The molecule has 3 aliphatic carbocycles. The summed E-state index contributed by atoms with van der Waals surface area (Å²) in [5, 5.41) is 0. The molecule has 0 N–H and O–H groups in total. The number of anilines is 3. The number of nitrogens with zero attached hydrogens (tertiary/aromatic N) is 1. The lowest BCUT2D eigenvalue weighted by Crippen LogP contribution is -2.32. The zero-order valence-corrected chi connectivity index (χ0v) is 40.4. The van der Waals surface area contributed by atoms with E-state index >= 15 is 0 Å². The second kappa shape index (κ2) is 15.8. The topological polar surface area (TPSA) is 3.24 Å². The van der Waals surface area contributed by atoms with Crippen LogP contribution in [0, 0.1) is 0 Å². The van der Waals surface area contributed by atoms with E-state index in [-0.39, 0.29) is 0 Å². The van der Waals surface area contributed by atoms with Gasteiger partial charge in [0, 0.05) is 42.4 Å². The minimum absolute atomic E-state index is 0.388. The molecule has 1 nitrogen and oxygen atoms in total. The van der Waals surface area contributed by atoms with Crippen molar-refractivity contribution in [1.29, 1.82) is 0 Å². The van der Waals surface area contributed by atoms with Crippen LogP contribution >= 0.6 is 23.5 Å². The first kappa shape index (κ1) is 41.0. The van der Waals surface area contributed by atoms with Gasteiger partial charge in [-0.1, -0.05) is 224 Å². The third kappa shape index (κ3) is 5.79. The van der Waals surface area contributed by atoms with Crippen LogP contribution in [-0.2, 0) is 10.8 Å². The van der Waals surface area contributed by atoms with Gasteiger partial charge in [-0.05, 0) is 139 Å². The minimum Gasteiger partial charge on any atom is -0.310 e. The summed E-state index contributed by atoms with van der Waals surface area (Å²) in [6, 6.07) is 89.5. The van der Waals surface area contributed by atoms with Crippen molar-refractivity contribution < 1.29 is 0 Å². The maximum atomic E-state index is 2.57. The second-order valence-electron chi connectivity index (χ2n) is 19.4. The first-order chi connectivity index (χ1) is 35.2. The van der Waals surface area contributed by atoms with Crippen LogP contribution in [0.25, 0.3) is 27.8 Å². The molecule has 10 aromatic rings. The van der Waals surface area contributed by atoms with Gasteiger partial charge in [0.05, 0.1) is 16.5 Å². The third-order valence-electron chi connectivity index (χ3n) is 16.0. The summed E-state index contributed by atoms with van der Waals surface area (Å²) >= 11 is 3.79. The van der Waals surface area contributed by atoms with E-state index in [0.29, 0.717) is 5.92 Å². The Hall–Kier alpha value is -7.82. The van der Waals surface area contributed by atoms with E-state index in [2.05, 4.69) is 260 Å². The SMILES string of the molecule is C1=CC(c2ccccc2)CC=C1c1ccc(N(c2ccc3c(c2)C2(c4ccccc4Sc4ccccc42)c2ccccc2-3)c2cccc3c2-c2ccccc2C32c3ccccc3Sc3ccccc32)cc1. The maximum absolute atomic E-state index is 2.57. The highest BCUT2D eigenvalue weighted by Crippen LogP contribution is 2.66. The predicted octanol–water partition coefficient (Wildman–Crippen LogP) is 17.9. The van der Waals surface area contributed by atoms with Gasteiger partial charge in [-0.25, -0.2) is 0 Å². The van der Waals surface area contributed by atoms with Gasteiger partial charge in [-0.2, -0.15) is 0 Å². The third-order valence-corrected chi connectivity index (χ3v) is 18.3. The van der Waals surface area contributed by atoms with Gasteiger partial charge in [0.1, 0.15) is 0 Å². The largest absolute Gasteiger partial charge is 0.310 e. The van der Waals surface area contributed by atoms with Crippen LogP contribution in [0.3, 0.4) is 0 Å². The molecule has 0 radical (unpaired) electrons. The highest BCUT2D eigenvalue weighted by atomic mass is 32.2. The highest BCUT2D eigenvalue weighted by molar-refractivity contribution is 7.99. The van der Waals surface area contributed by atoms with Gasteiger partial charge in [0.25, 0.3) is 0 Å². The first-order valence-electron chi connectivity index (χ1n) is 24.8. The smallest absolute Gasteiger partial charge is 0.0736 e. The summed E-state index contributed by atoms with van der Waals surface area (Å²) < 4.78 is 0. The van der Waals surface area contributed by atoms with Crippen molar-refractivity contribution in [2.45, 2.75) is 42.8 Å². The van der Waals surface area contributed by atoms with E-state index in [1.165, 1.54) is 109 Å². The van der Waals surface area contributed by atoms with E-state index in [1.807, 2.05) is 23.5 Å². The molecule has 3 heteroatoms. The molecular weight excluding hydrogens is 895 g/mol. The Balaban J connectivity index is 0.973. The zero-order valence-electron chi connectivity index (χ0n) is 38.8. The second-order valence-corrected chi connectivity index (χ2v) is 21.5. The number of benzene rings is 10. The van der Waals surface area contributed by atoms with Gasteiger partial charge >= 0.3 is 0 Å². The van der Waals surface area contributed by atoms with Gasteiger partial charge < -0.3 is 4.90 Å². The standard InChI is InChI=1S/C68H45NS2/c1-2-17-44(18-3-1)45-33-35-46(36-34-45)47-37-39-48(40-38-47)69(49-41-42-51-50-19-4-6-21-53(50)68(60(51)43-49)57-25-10-14-31-64(57)71-65-32-15-11-26-58(65)68)61-28-16-27-59-66(61)52-20-5-7-22-54(52)67(59)55-23-8-12-29-62(55)70-63-30-13-9-24-56(63)67/h1-33,35-43,45H,34H2. The minimum atomic E-state index is -0.504. The predicted molar refractivity (Wildman–Crippen MR) is 295 cm³/mol. The molecule has 0 amide bonds. The van der Waals surface area contributed by atoms with Crippen molar-refractivity contribution in [3.63, 3.8) is 0 Å². The van der Waals surface area contributed by atoms with E-state index in [0.717, 1.165) is 17.8 Å². The lowest BCUT2D eigenvalue weighted by molar-refractivity contribution is 0.722. The lowest BCUT2D eigenvalue weighted by atomic mass is 9.67. The molecule has 71 heavy (non-hydrogen) atoms. The molecule has 0 saturated heterocycles. The van der Waals surface area contributed by atoms with Gasteiger partial charge in [0.15, 0.2) is 0 Å². The van der Waals surface area contributed by atoms with E-state index in [1.54, 1.807) is 0 Å². The Morgan fingerprint density at radius 1 is 0.380 bits per heavy atom. The van der Waals surface area contributed by atoms with Gasteiger partial charge in [-0.3, -0.25) is 0 Å². The van der Waals surface area contributed by atoms with Gasteiger partial charge in [-0.15, -0.1) is 0 Å². The summed E-state index contributed by atoms with van der Waals surface area (Å²) in [4.78, 5) is 7.80. The average Bonchev–Trinajstić information content (AvgIpc) is 3.90. The summed E-state index contributed by atoms with van der Waals surface area (Å²) in [5.74, 6) is 0.388. The molecule has 0 bridgehead atoms. The number of rotatable bonds is 5. The summed E-state index contributed by atoms with van der Waals surface area (Å²) in [6.07, 6.45) is 8.10. The molecule has 1 unspecified atom stereocenters. The van der Waals surface area contributed by atoms with Crippen LogP contribution in [0.2, 0.25) is 0 Å². The van der Waals surface area contributed by atoms with Crippen molar-refractivity contribution in [3.8, 4) is 22.3 Å². The number of allylic oxidation sites excluding steroid dienone is 4. The molecule has 334 valence electrons. The van der Waals surface area contributed by atoms with Gasteiger partial charge in [0.2, 0.25) is 0 Å². The fraction of sp³-hybridized carbons (Fsp3) is 0.0588. The molecular formula is C68H45NS2. The van der Waals surface area contributed by atoms with Crippen LogP contribution in [0.4, 0.5) is 17.1 Å². The Labute approximate surface area is 423 Å². The fourth-order valence-electron chi connectivity index (χ4n) is 13.1. The number of fused-ring (bicyclic) bond motifs is 18. The van der Waals surface area contributed by atoms with E-state index < -0.39 is 10.8 Å². The molecule has 0 fully saturated rings. The molecule has 5 aliphatic rings. The molecule has 0 saturated carbocycles. The number of hydrogen-bond donors (Lipinski definition) is 0. The monoisotopic (exact) mass is 939 g/mol. The lowest BCUT2D eigenvalue weighted by Gasteiger charge is -2.40. The highest BCUT2D eigenvalue weighted by Gasteiger charge is 2.52. The molecule has 0 aromatic heterocycles. The molecule has 1 atom stereocenters. The van der Waals surface area contributed by atoms with Crippen molar-refractivity contribution in [1.82, 2.24) is 0 Å². The molecule has 2 spiro atoms. The van der Waals surface area contributed by atoms with E-state index in [9.17, 15) is 0 Å². The zero-order chi connectivity index (χ0) is 46.7. The number of hydrogen-bond acceptors (Lipinski definition) is 3. The van der Waals surface area contributed by atoms with Crippen LogP contribution in [0.15, 0.2) is 274 Å². The normalized spacial score (nSPS) is 16.4. The summed E-state index contributed by atoms with van der Waals surface area (Å²) in [5.41, 5.74) is 22.1. The summed E-state index contributed by atoms with van der Waals surface area (Å²) in [6.45, 7) is 0.